The maximum Gasteiger partial charge on any atom is 0.118 e. The van der Waals surface area contributed by atoms with E-state index in [0.29, 0.717) is 6.04 Å². The monoisotopic (exact) mass is 284 g/mol. The van der Waals surface area contributed by atoms with Gasteiger partial charge in [0, 0.05) is 32.4 Å². The molecule has 0 aromatic heterocycles. The van der Waals surface area contributed by atoms with Crippen molar-refractivity contribution < 1.29 is 4.74 Å². The summed E-state index contributed by atoms with van der Waals surface area (Å²) in [6.45, 7) is 3.04. The topological polar surface area (TPSA) is 24.5 Å². The van der Waals surface area contributed by atoms with Crippen molar-refractivity contribution in [3.8, 4) is 5.75 Å². The fourth-order valence-electron chi connectivity index (χ4n) is 2.19. The van der Waals surface area contributed by atoms with Gasteiger partial charge in [-0.1, -0.05) is 24.3 Å². The molecule has 2 rings (SSSR count). The first-order valence-corrected chi connectivity index (χ1v) is 7.23. The minimum absolute atomic E-state index is 0.310. The van der Waals surface area contributed by atoms with E-state index in [9.17, 15) is 0 Å². The van der Waals surface area contributed by atoms with Crippen LogP contribution in [0.15, 0.2) is 48.5 Å². The first-order valence-electron chi connectivity index (χ1n) is 7.23. The normalized spacial score (nSPS) is 12.0. The first kappa shape index (κ1) is 15.4. The van der Waals surface area contributed by atoms with Gasteiger partial charge in [-0.25, -0.2) is 0 Å². The van der Waals surface area contributed by atoms with Crippen LogP contribution in [-0.4, -0.2) is 21.2 Å². The van der Waals surface area contributed by atoms with E-state index in [1.54, 1.807) is 7.11 Å². The lowest BCUT2D eigenvalue weighted by molar-refractivity contribution is 0.414. The largest absolute Gasteiger partial charge is 0.497 e. The highest BCUT2D eigenvalue weighted by Gasteiger charge is 2.05. The van der Waals surface area contributed by atoms with Gasteiger partial charge in [-0.15, -0.1) is 0 Å². The molecular formula is C18H24N2O. The average molecular weight is 284 g/mol. The number of hydrogen-bond donors (Lipinski definition) is 1. The molecule has 0 bridgehead atoms. The molecular weight excluding hydrogens is 260 g/mol. The van der Waals surface area contributed by atoms with Crippen molar-refractivity contribution in [2.45, 2.75) is 19.5 Å². The molecule has 0 aliphatic carbocycles. The van der Waals surface area contributed by atoms with Gasteiger partial charge in [-0.3, -0.25) is 0 Å². The van der Waals surface area contributed by atoms with E-state index in [-0.39, 0.29) is 0 Å². The highest BCUT2D eigenvalue weighted by molar-refractivity contribution is 5.46. The van der Waals surface area contributed by atoms with Crippen molar-refractivity contribution in [3.05, 3.63) is 59.7 Å². The van der Waals surface area contributed by atoms with Crippen molar-refractivity contribution in [2.24, 2.45) is 0 Å². The molecule has 2 aromatic rings. The number of nitrogens with one attached hydrogen (secondary N) is 1. The summed E-state index contributed by atoms with van der Waals surface area (Å²) in [7, 11) is 5.80. The molecule has 0 fully saturated rings. The number of methoxy groups -OCH3 is 1. The summed E-state index contributed by atoms with van der Waals surface area (Å²) in [5.74, 6) is 0.894. The predicted molar refractivity (Wildman–Crippen MR) is 89.0 cm³/mol. The van der Waals surface area contributed by atoms with E-state index in [4.69, 9.17) is 4.74 Å². The molecule has 0 heterocycles. The maximum absolute atomic E-state index is 5.18. The molecule has 21 heavy (non-hydrogen) atoms. The SMILES string of the molecule is COc1ccc([C@@H](C)NCc2ccc(N(C)C)cc2)cc1. The predicted octanol–water partition coefficient (Wildman–Crippen LogP) is 3.61. The molecule has 0 aliphatic rings. The van der Waals surface area contributed by atoms with Gasteiger partial charge in [-0.05, 0) is 42.3 Å². The Morgan fingerprint density at radius 2 is 1.62 bits per heavy atom. The Labute approximate surface area is 127 Å². The van der Waals surface area contributed by atoms with Crippen molar-refractivity contribution in [2.75, 3.05) is 26.1 Å². The van der Waals surface area contributed by atoms with E-state index >= 15 is 0 Å². The van der Waals surface area contributed by atoms with Crippen LogP contribution in [0.3, 0.4) is 0 Å². The Kier molecular flexibility index (Phi) is 5.23. The third-order valence-electron chi connectivity index (χ3n) is 3.68. The van der Waals surface area contributed by atoms with Crippen LogP contribution in [0, 0.1) is 0 Å². The van der Waals surface area contributed by atoms with Crippen LogP contribution < -0.4 is 15.0 Å². The van der Waals surface area contributed by atoms with E-state index in [0.717, 1.165) is 12.3 Å². The molecule has 0 amide bonds. The second-order valence-electron chi connectivity index (χ2n) is 5.44. The fourth-order valence-corrected chi connectivity index (χ4v) is 2.19. The van der Waals surface area contributed by atoms with Crippen LogP contribution in [0.1, 0.15) is 24.1 Å². The molecule has 1 atom stereocenters. The van der Waals surface area contributed by atoms with E-state index < -0.39 is 0 Å². The smallest absolute Gasteiger partial charge is 0.118 e. The molecule has 0 unspecified atom stereocenters. The zero-order chi connectivity index (χ0) is 15.2. The standard InChI is InChI=1S/C18H24N2O/c1-14(16-7-11-18(21-4)12-8-16)19-13-15-5-9-17(10-6-15)20(2)3/h5-12,14,19H,13H2,1-4H3/t14-/m1/s1. The van der Waals surface area contributed by atoms with Gasteiger partial charge < -0.3 is 15.0 Å². The lowest BCUT2D eigenvalue weighted by Crippen LogP contribution is -2.18. The zero-order valence-electron chi connectivity index (χ0n) is 13.3. The summed E-state index contributed by atoms with van der Waals surface area (Å²) in [4.78, 5) is 2.11. The summed E-state index contributed by atoms with van der Waals surface area (Å²) in [5.41, 5.74) is 3.78. The summed E-state index contributed by atoms with van der Waals surface area (Å²) in [6, 6.07) is 17.1. The van der Waals surface area contributed by atoms with Gasteiger partial charge in [0.25, 0.3) is 0 Å². The molecule has 2 aromatic carbocycles. The highest BCUT2D eigenvalue weighted by Crippen LogP contribution is 2.18. The number of ether oxygens (including phenoxy) is 1. The van der Waals surface area contributed by atoms with Crippen LogP contribution in [0.25, 0.3) is 0 Å². The molecule has 3 heteroatoms. The fraction of sp³-hybridized carbons (Fsp3) is 0.333. The van der Waals surface area contributed by atoms with Crippen LogP contribution in [-0.2, 0) is 6.54 Å². The summed E-state index contributed by atoms with van der Waals surface area (Å²) < 4.78 is 5.18. The minimum Gasteiger partial charge on any atom is -0.497 e. The Morgan fingerprint density at radius 3 is 2.14 bits per heavy atom. The van der Waals surface area contributed by atoms with Crippen LogP contribution in [0.4, 0.5) is 5.69 Å². The Morgan fingerprint density at radius 1 is 1.00 bits per heavy atom. The van der Waals surface area contributed by atoms with E-state index in [2.05, 4.69) is 67.6 Å². The Hall–Kier alpha value is -2.00. The molecule has 1 N–H and O–H groups in total. The summed E-state index contributed by atoms with van der Waals surface area (Å²) >= 11 is 0. The number of nitrogens with zero attached hydrogens (tertiary/aromatic N) is 1. The number of anilines is 1. The Bertz CT molecular complexity index is 546. The van der Waals surface area contributed by atoms with Crippen molar-refractivity contribution in [1.82, 2.24) is 5.32 Å². The number of benzene rings is 2. The molecule has 0 saturated heterocycles. The third-order valence-corrected chi connectivity index (χ3v) is 3.68. The van der Waals surface area contributed by atoms with Crippen molar-refractivity contribution >= 4 is 5.69 Å². The number of hydrogen-bond acceptors (Lipinski definition) is 3. The lowest BCUT2D eigenvalue weighted by Gasteiger charge is -2.16. The van der Waals surface area contributed by atoms with E-state index in [1.807, 2.05) is 12.1 Å². The van der Waals surface area contributed by atoms with Gasteiger partial charge >= 0.3 is 0 Å². The van der Waals surface area contributed by atoms with Gasteiger partial charge in [0.05, 0.1) is 7.11 Å². The molecule has 0 aliphatic heterocycles. The van der Waals surface area contributed by atoms with Gasteiger partial charge in [-0.2, -0.15) is 0 Å². The van der Waals surface area contributed by atoms with Crippen LogP contribution >= 0.6 is 0 Å². The molecule has 0 saturated carbocycles. The number of rotatable bonds is 6. The average Bonchev–Trinajstić information content (AvgIpc) is 2.53. The lowest BCUT2D eigenvalue weighted by atomic mass is 10.1. The summed E-state index contributed by atoms with van der Waals surface area (Å²) in [6.07, 6.45) is 0. The molecule has 0 spiro atoms. The molecule has 0 radical (unpaired) electrons. The van der Waals surface area contributed by atoms with E-state index in [1.165, 1.54) is 16.8 Å². The zero-order valence-corrected chi connectivity index (χ0v) is 13.3. The minimum atomic E-state index is 0.310. The van der Waals surface area contributed by atoms with Crippen molar-refractivity contribution in [1.29, 1.82) is 0 Å². The highest BCUT2D eigenvalue weighted by atomic mass is 16.5. The van der Waals surface area contributed by atoms with Gasteiger partial charge in [0.15, 0.2) is 0 Å². The van der Waals surface area contributed by atoms with Crippen molar-refractivity contribution in [3.63, 3.8) is 0 Å². The molecule has 112 valence electrons. The first-order chi connectivity index (χ1) is 10.1. The second-order valence-corrected chi connectivity index (χ2v) is 5.44. The quantitative estimate of drug-likeness (QED) is 0.877. The van der Waals surface area contributed by atoms with Gasteiger partial charge in [0.2, 0.25) is 0 Å². The van der Waals surface area contributed by atoms with Crippen LogP contribution in [0.2, 0.25) is 0 Å². The van der Waals surface area contributed by atoms with Gasteiger partial charge in [0.1, 0.15) is 5.75 Å². The third kappa shape index (κ3) is 4.23. The maximum atomic E-state index is 5.18. The summed E-state index contributed by atoms with van der Waals surface area (Å²) in [5, 5.41) is 3.55. The van der Waals surface area contributed by atoms with Crippen LogP contribution in [0.5, 0.6) is 5.75 Å². The Balaban J connectivity index is 1.92. The molecule has 3 nitrogen and oxygen atoms in total. The second kappa shape index (κ2) is 7.14.